The predicted octanol–water partition coefficient (Wildman–Crippen LogP) is 4.17. The van der Waals surface area contributed by atoms with Crippen LogP contribution in [0.4, 0.5) is 5.69 Å². The summed E-state index contributed by atoms with van der Waals surface area (Å²) in [6, 6.07) is 12.1. The molecule has 3 N–H and O–H groups in total. The van der Waals surface area contributed by atoms with Gasteiger partial charge in [-0.15, -0.1) is 0 Å². The van der Waals surface area contributed by atoms with E-state index in [0.717, 1.165) is 6.07 Å². The molecule has 3 rings (SSSR count). The Kier molecular flexibility index (Phi) is 5.33. The quantitative estimate of drug-likeness (QED) is 0.585. The number of hydrogen-bond acceptors (Lipinski definition) is 5. The van der Waals surface area contributed by atoms with E-state index in [1.807, 2.05) is 0 Å². The first kappa shape index (κ1) is 18.3. The van der Waals surface area contributed by atoms with Crippen LogP contribution >= 0.6 is 11.6 Å². The number of hydrogen-bond donors (Lipinski definition) is 3. The molecular weight excluding hydrogens is 374 g/mol. The number of para-hydroxylation sites is 1. The normalized spacial score (nSPS) is 10.4. The zero-order valence-electron chi connectivity index (χ0n) is 13.8. The number of phenols is 1. The molecule has 1 amide bonds. The van der Waals surface area contributed by atoms with E-state index >= 15 is 0 Å². The Labute approximate surface area is 158 Å². The molecule has 0 aliphatic carbocycles. The molecular formula is C19H14ClNO6. The third kappa shape index (κ3) is 4.21. The molecule has 0 bridgehead atoms. The van der Waals surface area contributed by atoms with E-state index in [1.165, 1.54) is 24.5 Å². The van der Waals surface area contributed by atoms with Crippen molar-refractivity contribution < 1.29 is 29.0 Å². The molecule has 1 aromatic heterocycles. The monoisotopic (exact) mass is 387 g/mol. The average molecular weight is 388 g/mol. The highest BCUT2D eigenvalue weighted by atomic mass is 35.5. The lowest BCUT2D eigenvalue weighted by Crippen LogP contribution is -2.14. The lowest BCUT2D eigenvalue weighted by Gasteiger charge is -2.09. The highest BCUT2D eigenvalue weighted by Gasteiger charge is 2.17. The number of carboxylic acid groups (broad SMARTS) is 1. The summed E-state index contributed by atoms with van der Waals surface area (Å²) in [4.78, 5) is 23.4. The molecule has 1 heterocycles. The van der Waals surface area contributed by atoms with Gasteiger partial charge in [0.05, 0.1) is 16.8 Å². The summed E-state index contributed by atoms with van der Waals surface area (Å²) in [5.41, 5.74) is 0.218. The molecule has 0 saturated carbocycles. The van der Waals surface area contributed by atoms with Gasteiger partial charge in [0.1, 0.15) is 23.7 Å². The number of carboxylic acids is 1. The van der Waals surface area contributed by atoms with Crippen LogP contribution in [0, 0.1) is 0 Å². The number of carbonyl (C=O) groups excluding carboxylic acids is 1. The van der Waals surface area contributed by atoms with Gasteiger partial charge in [0.15, 0.2) is 5.76 Å². The number of carbonyl (C=O) groups is 2. The maximum atomic E-state index is 12.5. The van der Waals surface area contributed by atoms with Gasteiger partial charge in [-0.25, -0.2) is 4.79 Å². The summed E-state index contributed by atoms with van der Waals surface area (Å²) in [7, 11) is 0. The van der Waals surface area contributed by atoms with E-state index in [4.69, 9.17) is 25.9 Å². The molecule has 138 valence electrons. The van der Waals surface area contributed by atoms with Gasteiger partial charge in [-0.05, 0) is 30.3 Å². The fourth-order valence-electron chi connectivity index (χ4n) is 2.35. The van der Waals surface area contributed by atoms with Gasteiger partial charge in [-0.1, -0.05) is 23.7 Å². The van der Waals surface area contributed by atoms with Crippen LogP contribution < -0.4 is 10.1 Å². The average Bonchev–Trinajstić information content (AvgIpc) is 3.09. The van der Waals surface area contributed by atoms with Gasteiger partial charge in [0.25, 0.3) is 5.91 Å². The van der Waals surface area contributed by atoms with Crippen LogP contribution in [-0.2, 0) is 6.61 Å². The van der Waals surface area contributed by atoms with Crippen molar-refractivity contribution in [2.75, 3.05) is 5.32 Å². The van der Waals surface area contributed by atoms with Gasteiger partial charge in [0.2, 0.25) is 0 Å². The SMILES string of the molecule is O=C(O)c1ccc(NC(=O)c2ccoc2COc2ccccc2Cl)cc1O. The highest BCUT2D eigenvalue weighted by molar-refractivity contribution is 6.32. The minimum atomic E-state index is -1.26. The summed E-state index contributed by atoms with van der Waals surface area (Å²) in [5.74, 6) is -1.46. The lowest BCUT2D eigenvalue weighted by atomic mass is 10.1. The Morgan fingerprint density at radius 3 is 2.59 bits per heavy atom. The first-order valence-electron chi connectivity index (χ1n) is 7.77. The lowest BCUT2D eigenvalue weighted by molar-refractivity contribution is 0.0693. The van der Waals surface area contributed by atoms with Crippen molar-refractivity contribution in [3.8, 4) is 11.5 Å². The number of benzene rings is 2. The molecule has 0 radical (unpaired) electrons. The molecule has 0 aliphatic rings. The van der Waals surface area contributed by atoms with Crippen molar-refractivity contribution >= 4 is 29.2 Å². The second-order valence-corrected chi connectivity index (χ2v) is 5.87. The van der Waals surface area contributed by atoms with Crippen LogP contribution in [0.2, 0.25) is 5.02 Å². The maximum absolute atomic E-state index is 12.5. The Bertz CT molecular complexity index is 997. The number of rotatable bonds is 6. The summed E-state index contributed by atoms with van der Waals surface area (Å²) < 4.78 is 10.9. The van der Waals surface area contributed by atoms with Crippen LogP contribution in [0.5, 0.6) is 11.5 Å². The second kappa shape index (κ2) is 7.84. The topological polar surface area (TPSA) is 109 Å². The minimum Gasteiger partial charge on any atom is -0.507 e. The fraction of sp³-hybridized carbons (Fsp3) is 0.0526. The van der Waals surface area contributed by atoms with Crippen LogP contribution in [0.3, 0.4) is 0 Å². The van der Waals surface area contributed by atoms with Crippen LogP contribution in [0.25, 0.3) is 0 Å². The number of halogens is 1. The summed E-state index contributed by atoms with van der Waals surface area (Å²) in [6.45, 7) is -0.0112. The third-order valence-electron chi connectivity index (χ3n) is 3.67. The molecule has 0 unspecified atom stereocenters. The number of amides is 1. The fourth-order valence-corrected chi connectivity index (χ4v) is 2.54. The smallest absolute Gasteiger partial charge is 0.339 e. The first-order chi connectivity index (χ1) is 13.0. The van der Waals surface area contributed by atoms with Gasteiger partial charge in [-0.2, -0.15) is 0 Å². The molecule has 0 atom stereocenters. The van der Waals surface area contributed by atoms with E-state index < -0.39 is 17.6 Å². The maximum Gasteiger partial charge on any atom is 0.339 e. The van der Waals surface area contributed by atoms with E-state index in [9.17, 15) is 14.7 Å². The predicted molar refractivity (Wildman–Crippen MR) is 97.5 cm³/mol. The number of aromatic hydroxyl groups is 1. The number of anilines is 1. The van der Waals surface area contributed by atoms with Crippen LogP contribution in [0.15, 0.2) is 59.2 Å². The van der Waals surface area contributed by atoms with E-state index in [-0.39, 0.29) is 23.4 Å². The number of aromatic carboxylic acids is 1. The second-order valence-electron chi connectivity index (χ2n) is 5.47. The van der Waals surface area contributed by atoms with Gasteiger partial charge in [-0.3, -0.25) is 4.79 Å². The van der Waals surface area contributed by atoms with Gasteiger partial charge >= 0.3 is 5.97 Å². The van der Waals surface area contributed by atoms with Crippen molar-refractivity contribution in [2.45, 2.75) is 6.61 Å². The Morgan fingerprint density at radius 2 is 1.89 bits per heavy atom. The first-order valence-corrected chi connectivity index (χ1v) is 8.15. The number of nitrogens with one attached hydrogen (secondary N) is 1. The summed E-state index contributed by atoms with van der Waals surface area (Å²) in [5, 5.41) is 21.6. The largest absolute Gasteiger partial charge is 0.507 e. The van der Waals surface area contributed by atoms with Crippen LogP contribution in [0.1, 0.15) is 26.5 Å². The van der Waals surface area contributed by atoms with Crippen molar-refractivity contribution in [3.63, 3.8) is 0 Å². The zero-order chi connectivity index (χ0) is 19.4. The third-order valence-corrected chi connectivity index (χ3v) is 3.98. The van der Waals surface area contributed by atoms with Crippen LogP contribution in [-0.4, -0.2) is 22.1 Å². The highest BCUT2D eigenvalue weighted by Crippen LogP contribution is 2.26. The molecule has 0 spiro atoms. The standard InChI is InChI=1S/C19H14ClNO6/c20-14-3-1-2-4-16(14)27-10-17-13(7-8-26-17)18(23)21-11-5-6-12(19(24)25)15(22)9-11/h1-9,22H,10H2,(H,21,23)(H,24,25). The van der Waals surface area contributed by atoms with E-state index in [2.05, 4.69) is 5.32 Å². The van der Waals surface area contributed by atoms with Crippen molar-refractivity contribution in [2.24, 2.45) is 0 Å². The van der Waals surface area contributed by atoms with Crippen molar-refractivity contribution in [3.05, 3.63) is 76.7 Å². The molecule has 3 aromatic rings. The summed E-state index contributed by atoms with van der Waals surface area (Å²) >= 11 is 6.02. The Morgan fingerprint density at radius 1 is 1.11 bits per heavy atom. The van der Waals surface area contributed by atoms with Crippen molar-refractivity contribution in [1.82, 2.24) is 0 Å². The Hall–Kier alpha value is -3.45. The number of furan rings is 1. The molecule has 27 heavy (non-hydrogen) atoms. The van der Waals surface area contributed by atoms with Crippen molar-refractivity contribution in [1.29, 1.82) is 0 Å². The number of ether oxygens (including phenoxy) is 1. The zero-order valence-corrected chi connectivity index (χ0v) is 14.6. The van der Waals surface area contributed by atoms with E-state index in [1.54, 1.807) is 24.3 Å². The Balaban J connectivity index is 1.71. The van der Waals surface area contributed by atoms with Gasteiger partial charge in [0, 0.05) is 11.8 Å². The van der Waals surface area contributed by atoms with E-state index in [0.29, 0.717) is 16.5 Å². The molecule has 2 aromatic carbocycles. The molecule has 0 aliphatic heterocycles. The van der Waals surface area contributed by atoms with Gasteiger partial charge < -0.3 is 24.7 Å². The molecule has 0 saturated heterocycles. The summed E-state index contributed by atoms with van der Waals surface area (Å²) in [6.07, 6.45) is 1.35. The molecule has 7 nitrogen and oxygen atoms in total. The molecule has 8 heteroatoms. The molecule has 0 fully saturated rings. The minimum absolute atomic E-state index is 0.0112.